The molecule has 0 atom stereocenters. The van der Waals surface area contributed by atoms with Gasteiger partial charge >= 0.3 is 5.97 Å². The Balaban J connectivity index is 1.38. The van der Waals surface area contributed by atoms with E-state index in [2.05, 4.69) is 35.6 Å². The number of fused-ring (bicyclic) bond motifs is 8. The van der Waals surface area contributed by atoms with Crippen LogP contribution in [0.5, 0.6) is 5.75 Å². The van der Waals surface area contributed by atoms with Crippen LogP contribution in [0.1, 0.15) is 45.2 Å². The SMILES string of the molecule is CNC(=O)Cn1nc(C)c2c1CSCc1cc(n(C)n1)CSc1cc(c3ccccc3c1)OCCCn1c(C(=O)O)c(C)c3c-2c(Cl)ccc31. The van der Waals surface area contributed by atoms with E-state index in [1.54, 1.807) is 35.3 Å². The molecule has 0 saturated heterocycles. The molecule has 10 nitrogen and oxygen atoms in total. The van der Waals surface area contributed by atoms with E-state index in [9.17, 15) is 14.7 Å². The van der Waals surface area contributed by atoms with Gasteiger partial charge in [0, 0.05) is 80.9 Å². The molecule has 13 heteroatoms. The number of aromatic carboxylic acids is 1. The number of ether oxygens (including phenoxy) is 1. The van der Waals surface area contributed by atoms with Crippen LogP contribution in [0.15, 0.2) is 59.5 Å². The Labute approximate surface area is 303 Å². The molecule has 3 aromatic heterocycles. The van der Waals surface area contributed by atoms with Crippen LogP contribution in [0.4, 0.5) is 0 Å². The van der Waals surface area contributed by atoms with Crippen LogP contribution >= 0.6 is 35.1 Å². The van der Waals surface area contributed by atoms with Crippen LogP contribution in [-0.2, 0) is 42.2 Å². The maximum atomic E-state index is 12.8. The molecular weight excluding hydrogens is 692 g/mol. The zero-order chi connectivity index (χ0) is 35.1. The monoisotopic (exact) mass is 728 g/mol. The number of rotatable bonds is 3. The van der Waals surface area contributed by atoms with Crippen molar-refractivity contribution in [1.29, 1.82) is 0 Å². The molecule has 0 fully saturated rings. The van der Waals surface area contributed by atoms with Gasteiger partial charge in [0.05, 0.1) is 23.7 Å². The lowest BCUT2D eigenvalue weighted by molar-refractivity contribution is -0.121. The number of likely N-dealkylation sites (N-methyl/N-ethyl adjacent to an activating group) is 1. The molecule has 7 rings (SSSR count). The molecule has 3 aromatic carbocycles. The number of carbonyl (C=O) groups is 2. The van der Waals surface area contributed by atoms with Gasteiger partial charge in [-0.15, -0.1) is 23.5 Å². The molecule has 0 spiro atoms. The highest BCUT2D eigenvalue weighted by molar-refractivity contribution is 7.98. The molecule has 0 aliphatic carbocycles. The summed E-state index contributed by atoms with van der Waals surface area (Å²) in [5, 5.41) is 26.2. The van der Waals surface area contributed by atoms with Gasteiger partial charge in [-0.25, -0.2) is 4.79 Å². The van der Waals surface area contributed by atoms with Gasteiger partial charge in [0.2, 0.25) is 5.91 Å². The lowest BCUT2D eigenvalue weighted by atomic mass is 9.97. The van der Waals surface area contributed by atoms with Gasteiger partial charge in [-0.05, 0) is 61.5 Å². The van der Waals surface area contributed by atoms with Crippen molar-refractivity contribution in [2.75, 3.05) is 13.7 Å². The van der Waals surface area contributed by atoms with E-state index in [4.69, 9.17) is 26.5 Å². The van der Waals surface area contributed by atoms with Crippen molar-refractivity contribution in [3.05, 3.63) is 93.7 Å². The first kappa shape index (κ1) is 34.1. The maximum absolute atomic E-state index is 12.8. The summed E-state index contributed by atoms with van der Waals surface area (Å²) in [5.74, 6) is 1.54. The molecule has 6 aromatic rings. The van der Waals surface area contributed by atoms with Gasteiger partial charge in [-0.2, -0.15) is 10.2 Å². The first-order valence-corrected chi connectivity index (χ1v) is 18.9. The molecule has 0 radical (unpaired) electrons. The molecule has 0 unspecified atom stereocenters. The van der Waals surface area contributed by atoms with Crippen molar-refractivity contribution < 1.29 is 19.4 Å². The number of nitrogens with one attached hydrogen (secondary N) is 1. The number of carboxylic acid groups (broad SMARTS) is 1. The van der Waals surface area contributed by atoms with E-state index in [1.165, 1.54) is 0 Å². The summed E-state index contributed by atoms with van der Waals surface area (Å²) < 4.78 is 12.0. The number of hydrogen-bond donors (Lipinski definition) is 2. The lowest BCUT2D eigenvalue weighted by Crippen LogP contribution is -2.25. The highest BCUT2D eigenvalue weighted by Gasteiger charge is 2.28. The second kappa shape index (κ2) is 14.1. The summed E-state index contributed by atoms with van der Waals surface area (Å²) in [6.45, 7) is 4.61. The number of aryl methyl sites for hydroxylation is 4. The van der Waals surface area contributed by atoms with Crippen molar-refractivity contribution in [2.45, 2.75) is 55.5 Å². The highest BCUT2D eigenvalue weighted by Crippen LogP contribution is 2.43. The van der Waals surface area contributed by atoms with Crippen LogP contribution in [0.3, 0.4) is 0 Å². The van der Waals surface area contributed by atoms with Crippen LogP contribution < -0.4 is 10.1 Å². The Bertz CT molecular complexity index is 2290. The molecule has 50 heavy (non-hydrogen) atoms. The number of thioether (sulfide) groups is 2. The molecule has 4 heterocycles. The van der Waals surface area contributed by atoms with Crippen molar-refractivity contribution >= 4 is 68.7 Å². The Kier molecular flexibility index (Phi) is 9.60. The van der Waals surface area contributed by atoms with Gasteiger partial charge in [0.15, 0.2) is 0 Å². The Morgan fingerprint density at radius 3 is 2.66 bits per heavy atom. The van der Waals surface area contributed by atoms with E-state index in [0.29, 0.717) is 47.4 Å². The third kappa shape index (κ3) is 6.36. The van der Waals surface area contributed by atoms with E-state index in [0.717, 1.165) is 66.3 Å². The fourth-order valence-corrected chi connectivity index (χ4v) is 9.03. The number of nitrogens with zero attached hydrogens (tertiary/aromatic N) is 5. The molecule has 2 N–H and O–H groups in total. The van der Waals surface area contributed by atoms with E-state index in [-0.39, 0.29) is 18.1 Å². The molecule has 0 saturated carbocycles. The summed E-state index contributed by atoms with van der Waals surface area (Å²) >= 11 is 10.5. The second-order valence-electron chi connectivity index (χ2n) is 12.4. The van der Waals surface area contributed by atoms with Crippen molar-refractivity contribution in [1.82, 2.24) is 29.4 Å². The number of carboxylic acids is 1. The zero-order valence-electron chi connectivity index (χ0n) is 28.2. The summed E-state index contributed by atoms with van der Waals surface area (Å²) in [7, 11) is 3.58. The minimum Gasteiger partial charge on any atom is -0.493 e. The van der Waals surface area contributed by atoms with Gasteiger partial charge < -0.3 is 19.7 Å². The standard InChI is InChI=1S/C37H37ClN6O4S2/c1-21-33-29-11-10-28(38)35(33)34-22(2)40-44(17-32(45)39-3)30(34)20-49-18-24-15-25(42(4)41-24)19-50-26-14-23-8-5-6-9-27(23)31(16-26)48-13-7-12-43(29)36(21)37(46)47/h5-6,8-11,14-16H,7,12-13,17-20H2,1-4H3,(H,39,45)(H,46,47). The van der Waals surface area contributed by atoms with Crippen molar-refractivity contribution in [3.8, 4) is 16.9 Å². The first-order valence-electron chi connectivity index (χ1n) is 16.3. The van der Waals surface area contributed by atoms with Crippen molar-refractivity contribution in [2.24, 2.45) is 7.05 Å². The smallest absolute Gasteiger partial charge is 0.352 e. The fraction of sp³-hybridized carbons (Fsp3) is 0.297. The summed E-state index contributed by atoms with van der Waals surface area (Å²) in [4.78, 5) is 26.6. The third-order valence-electron chi connectivity index (χ3n) is 9.16. The molecule has 8 bridgehead atoms. The number of hydrogen-bond acceptors (Lipinski definition) is 7. The van der Waals surface area contributed by atoms with Gasteiger partial charge in [-0.1, -0.05) is 35.9 Å². The van der Waals surface area contributed by atoms with Crippen LogP contribution in [0, 0.1) is 13.8 Å². The minimum atomic E-state index is -1.01. The Hall–Kier alpha value is -4.39. The topological polar surface area (TPSA) is 116 Å². The quantitative estimate of drug-likeness (QED) is 0.191. The molecule has 1 amide bonds. The second-order valence-corrected chi connectivity index (χ2v) is 14.8. The fourth-order valence-electron chi connectivity index (χ4n) is 6.85. The summed E-state index contributed by atoms with van der Waals surface area (Å²) in [6.07, 6.45) is 0.579. The number of carbonyl (C=O) groups excluding carboxylic acids is 1. The molecule has 1 aliphatic heterocycles. The highest BCUT2D eigenvalue weighted by atomic mass is 35.5. The average Bonchev–Trinajstić information content (AvgIpc) is 3.70. The first-order chi connectivity index (χ1) is 24.1. The third-order valence-corrected chi connectivity index (χ3v) is 11.5. The van der Waals surface area contributed by atoms with Crippen LogP contribution in [0.2, 0.25) is 5.02 Å². The predicted molar refractivity (Wildman–Crippen MR) is 200 cm³/mol. The molecule has 1 aliphatic rings. The number of aromatic nitrogens is 5. The minimum absolute atomic E-state index is 0.0436. The normalized spacial score (nSPS) is 13.9. The largest absolute Gasteiger partial charge is 0.493 e. The summed E-state index contributed by atoms with van der Waals surface area (Å²) in [5.41, 5.74) is 6.76. The lowest BCUT2D eigenvalue weighted by Gasteiger charge is -2.14. The summed E-state index contributed by atoms with van der Waals surface area (Å²) in [6, 6.07) is 18.3. The van der Waals surface area contributed by atoms with Gasteiger partial charge in [-0.3, -0.25) is 14.2 Å². The van der Waals surface area contributed by atoms with E-state index >= 15 is 0 Å². The maximum Gasteiger partial charge on any atom is 0.352 e. The van der Waals surface area contributed by atoms with Gasteiger partial charge in [0.1, 0.15) is 18.0 Å². The number of amides is 1. The molecular formula is C37H37ClN6O4S2. The number of halogens is 1. The Morgan fingerprint density at radius 2 is 1.86 bits per heavy atom. The predicted octanol–water partition coefficient (Wildman–Crippen LogP) is 7.61. The molecule has 258 valence electrons. The van der Waals surface area contributed by atoms with Crippen molar-refractivity contribution in [3.63, 3.8) is 0 Å². The van der Waals surface area contributed by atoms with E-state index in [1.807, 2.05) is 54.4 Å². The van der Waals surface area contributed by atoms with Gasteiger partial charge in [0.25, 0.3) is 0 Å². The van der Waals surface area contributed by atoms with Crippen LogP contribution in [0.25, 0.3) is 32.8 Å². The Morgan fingerprint density at radius 1 is 1.04 bits per heavy atom. The average molecular weight is 729 g/mol. The van der Waals surface area contributed by atoms with Crippen LogP contribution in [-0.4, -0.2) is 54.8 Å². The number of benzene rings is 3. The van der Waals surface area contributed by atoms with E-state index < -0.39 is 5.97 Å². The zero-order valence-corrected chi connectivity index (χ0v) is 30.6.